The number of rotatable bonds is 4. The third kappa shape index (κ3) is 2.18. The Labute approximate surface area is 124 Å². The van der Waals surface area contributed by atoms with Crippen LogP contribution in [0.2, 0.25) is 0 Å². The van der Waals surface area contributed by atoms with Crippen molar-refractivity contribution in [2.45, 2.75) is 12.8 Å². The van der Waals surface area contributed by atoms with E-state index in [2.05, 4.69) is 59.2 Å². The van der Waals surface area contributed by atoms with Gasteiger partial charge in [0.05, 0.1) is 0 Å². The lowest BCUT2D eigenvalue weighted by atomic mass is 9.93. The fraction of sp³-hybridized carbons (Fsp3) is 0.333. The number of anilines is 1. The Morgan fingerprint density at radius 2 is 2.00 bits per heavy atom. The van der Waals surface area contributed by atoms with E-state index in [0.717, 1.165) is 24.3 Å². The molecular weight excluding hydrogens is 262 g/mol. The molecule has 4 rings (SSSR count). The summed E-state index contributed by atoms with van der Waals surface area (Å²) in [6.45, 7) is 1.11. The van der Waals surface area contributed by atoms with E-state index < -0.39 is 0 Å². The molecule has 0 radical (unpaired) electrons. The van der Waals surface area contributed by atoms with Crippen molar-refractivity contribution in [2.24, 2.45) is 17.8 Å². The maximum absolute atomic E-state index is 3.70. The third-order valence-electron chi connectivity index (χ3n) is 4.68. The fourth-order valence-corrected chi connectivity index (χ4v) is 4.42. The number of thiophene rings is 1. The Bertz CT molecular complexity index is 614. The molecule has 102 valence electrons. The molecule has 3 unspecified atom stereocenters. The second kappa shape index (κ2) is 5.10. The largest absolute Gasteiger partial charge is 0.384 e. The van der Waals surface area contributed by atoms with Gasteiger partial charge < -0.3 is 5.32 Å². The molecule has 1 nitrogen and oxygen atoms in total. The van der Waals surface area contributed by atoms with Gasteiger partial charge in [-0.25, -0.2) is 0 Å². The first-order valence-corrected chi connectivity index (χ1v) is 8.33. The van der Waals surface area contributed by atoms with Crippen molar-refractivity contribution in [2.75, 3.05) is 11.9 Å². The first-order valence-electron chi connectivity index (χ1n) is 7.45. The predicted octanol–water partition coefficient (Wildman–Crippen LogP) is 5.04. The minimum atomic E-state index is 0.821. The van der Waals surface area contributed by atoms with Gasteiger partial charge in [0.1, 0.15) is 0 Å². The van der Waals surface area contributed by atoms with Gasteiger partial charge in [-0.2, -0.15) is 0 Å². The van der Waals surface area contributed by atoms with Gasteiger partial charge in [0.25, 0.3) is 0 Å². The summed E-state index contributed by atoms with van der Waals surface area (Å²) in [7, 11) is 0. The summed E-state index contributed by atoms with van der Waals surface area (Å²) in [6, 6.07) is 13.0. The zero-order chi connectivity index (χ0) is 13.4. The van der Waals surface area contributed by atoms with E-state index in [1.165, 1.54) is 29.0 Å². The van der Waals surface area contributed by atoms with Gasteiger partial charge in [0.2, 0.25) is 0 Å². The first-order chi connectivity index (χ1) is 9.90. The molecule has 2 bridgehead atoms. The standard InChI is InChI=1S/C18H19NS/c1-2-5-17(16(4-1)18-6-3-9-20-18)19-12-15-11-13-7-8-14(15)10-13/h1-9,13-15,19H,10-12H2. The molecule has 0 amide bonds. The van der Waals surface area contributed by atoms with Crippen LogP contribution in [0.15, 0.2) is 53.9 Å². The van der Waals surface area contributed by atoms with E-state index in [1.54, 1.807) is 0 Å². The van der Waals surface area contributed by atoms with Crippen molar-refractivity contribution in [3.63, 3.8) is 0 Å². The monoisotopic (exact) mass is 281 g/mol. The molecule has 20 heavy (non-hydrogen) atoms. The normalized spacial score (nSPS) is 27.1. The van der Waals surface area contributed by atoms with Crippen LogP contribution in [0, 0.1) is 17.8 Å². The molecule has 2 aliphatic rings. The van der Waals surface area contributed by atoms with Gasteiger partial charge in [-0.15, -0.1) is 11.3 Å². The van der Waals surface area contributed by atoms with Crippen molar-refractivity contribution in [1.29, 1.82) is 0 Å². The van der Waals surface area contributed by atoms with Crippen LogP contribution in [-0.4, -0.2) is 6.54 Å². The van der Waals surface area contributed by atoms with Gasteiger partial charge in [0, 0.05) is 22.7 Å². The molecule has 0 spiro atoms. The third-order valence-corrected chi connectivity index (χ3v) is 5.59. The molecule has 1 heterocycles. The van der Waals surface area contributed by atoms with Gasteiger partial charge in [-0.1, -0.05) is 36.4 Å². The van der Waals surface area contributed by atoms with E-state index >= 15 is 0 Å². The Morgan fingerprint density at radius 1 is 1.05 bits per heavy atom. The molecule has 1 saturated carbocycles. The number of benzene rings is 1. The molecular formula is C18H19NS. The van der Waals surface area contributed by atoms with E-state index in [0.29, 0.717) is 0 Å². The van der Waals surface area contributed by atoms with Gasteiger partial charge in [-0.05, 0) is 48.1 Å². The zero-order valence-electron chi connectivity index (χ0n) is 11.5. The highest BCUT2D eigenvalue weighted by atomic mass is 32.1. The molecule has 2 aliphatic carbocycles. The lowest BCUT2D eigenvalue weighted by Gasteiger charge is -2.20. The van der Waals surface area contributed by atoms with E-state index in [-0.39, 0.29) is 0 Å². The molecule has 2 heteroatoms. The van der Waals surface area contributed by atoms with Crippen LogP contribution in [0.3, 0.4) is 0 Å². The second-order valence-electron chi connectivity index (χ2n) is 5.94. The topological polar surface area (TPSA) is 12.0 Å². The van der Waals surface area contributed by atoms with E-state index in [9.17, 15) is 0 Å². The summed E-state index contributed by atoms with van der Waals surface area (Å²) in [4.78, 5) is 1.35. The highest BCUT2D eigenvalue weighted by Crippen LogP contribution is 2.43. The molecule has 2 aromatic rings. The van der Waals surface area contributed by atoms with Gasteiger partial charge >= 0.3 is 0 Å². The smallest absolute Gasteiger partial charge is 0.0428 e. The van der Waals surface area contributed by atoms with Crippen LogP contribution < -0.4 is 5.32 Å². The molecule has 0 aliphatic heterocycles. The van der Waals surface area contributed by atoms with Crippen molar-refractivity contribution in [1.82, 2.24) is 0 Å². The first kappa shape index (κ1) is 12.2. The van der Waals surface area contributed by atoms with Crippen LogP contribution in [-0.2, 0) is 0 Å². The molecule has 1 aromatic heterocycles. The Kier molecular flexibility index (Phi) is 3.12. The zero-order valence-corrected chi connectivity index (χ0v) is 12.3. The van der Waals surface area contributed by atoms with Gasteiger partial charge in [-0.3, -0.25) is 0 Å². The van der Waals surface area contributed by atoms with E-state index in [4.69, 9.17) is 0 Å². The SMILES string of the molecule is C1=CC2CC1CC2CNc1ccccc1-c1cccs1. The summed E-state index contributed by atoms with van der Waals surface area (Å²) in [5.41, 5.74) is 2.61. The number of hydrogen-bond donors (Lipinski definition) is 1. The average Bonchev–Trinajstić information content (AvgIpc) is 3.22. The molecule has 3 atom stereocenters. The number of allylic oxidation sites excluding steroid dienone is 2. The number of hydrogen-bond acceptors (Lipinski definition) is 2. The summed E-state index contributed by atoms with van der Waals surface area (Å²) in [5, 5.41) is 5.85. The fourth-order valence-electron chi connectivity index (χ4n) is 3.65. The second-order valence-corrected chi connectivity index (χ2v) is 6.89. The minimum Gasteiger partial charge on any atom is -0.384 e. The van der Waals surface area contributed by atoms with Crippen molar-refractivity contribution in [3.05, 3.63) is 53.9 Å². The van der Waals surface area contributed by atoms with Crippen LogP contribution >= 0.6 is 11.3 Å². The summed E-state index contributed by atoms with van der Waals surface area (Å²) in [5.74, 6) is 2.50. The summed E-state index contributed by atoms with van der Waals surface area (Å²) < 4.78 is 0. The van der Waals surface area contributed by atoms with Crippen molar-refractivity contribution >= 4 is 17.0 Å². The summed E-state index contributed by atoms with van der Waals surface area (Å²) >= 11 is 1.81. The predicted molar refractivity (Wildman–Crippen MR) is 87.1 cm³/mol. The molecule has 1 N–H and O–H groups in total. The number of fused-ring (bicyclic) bond motifs is 2. The quantitative estimate of drug-likeness (QED) is 0.774. The molecule has 1 aromatic carbocycles. The lowest BCUT2D eigenvalue weighted by Crippen LogP contribution is -2.18. The Balaban J connectivity index is 1.50. The number of para-hydroxylation sites is 1. The molecule has 1 fully saturated rings. The maximum Gasteiger partial charge on any atom is 0.0428 e. The Morgan fingerprint density at radius 3 is 2.75 bits per heavy atom. The van der Waals surface area contributed by atoms with Crippen LogP contribution in [0.1, 0.15) is 12.8 Å². The van der Waals surface area contributed by atoms with Crippen LogP contribution in [0.5, 0.6) is 0 Å². The number of nitrogens with one attached hydrogen (secondary N) is 1. The van der Waals surface area contributed by atoms with Crippen LogP contribution in [0.4, 0.5) is 5.69 Å². The molecule has 0 saturated heterocycles. The van der Waals surface area contributed by atoms with Crippen LogP contribution in [0.25, 0.3) is 10.4 Å². The summed E-state index contributed by atoms with van der Waals surface area (Å²) in [6.07, 6.45) is 7.61. The van der Waals surface area contributed by atoms with Crippen molar-refractivity contribution in [3.8, 4) is 10.4 Å². The van der Waals surface area contributed by atoms with E-state index in [1.807, 2.05) is 11.3 Å². The minimum absolute atomic E-state index is 0.821. The lowest BCUT2D eigenvalue weighted by molar-refractivity contribution is 0.472. The highest BCUT2D eigenvalue weighted by molar-refractivity contribution is 7.13. The highest BCUT2D eigenvalue weighted by Gasteiger charge is 2.35. The van der Waals surface area contributed by atoms with Crippen molar-refractivity contribution < 1.29 is 0 Å². The average molecular weight is 281 g/mol. The Hall–Kier alpha value is -1.54. The van der Waals surface area contributed by atoms with Gasteiger partial charge in [0.15, 0.2) is 0 Å². The maximum atomic E-state index is 3.70.